The molecule has 1 aliphatic carbocycles. The van der Waals surface area contributed by atoms with E-state index >= 15 is 0 Å². The number of allylic oxidation sites excluding steroid dienone is 2. The number of carbonyl (C=O) groups excluding carboxylic acids is 2. The molecule has 0 saturated heterocycles. The molecule has 7 heteroatoms. The van der Waals surface area contributed by atoms with Crippen LogP contribution in [0.15, 0.2) is 53.8 Å². The topological polar surface area (TPSA) is 113 Å². The number of hydrogen-bond donors (Lipinski definition) is 3. The second kappa shape index (κ2) is 4.91. The molecule has 3 N–H and O–H groups in total. The zero-order valence-corrected chi connectivity index (χ0v) is 13.7. The Labute approximate surface area is 152 Å². The van der Waals surface area contributed by atoms with Gasteiger partial charge in [-0.25, -0.2) is 4.79 Å². The molecule has 2 heterocycles. The Balaban J connectivity index is 1.94. The molecule has 2 aromatic carbocycles. The van der Waals surface area contributed by atoms with Crippen LogP contribution in [-0.2, 0) is 15.1 Å². The quantitative estimate of drug-likeness (QED) is 0.486. The fraction of sp³-hybridized carbons (Fsp3) is 0.100. The number of carbonyl (C=O) groups is 2. The Morgan fingerprint density at radius 2 is 1.81 bits per heavy atom. The van der Waals surface area contributed by atoms with Crippen LogP contribution in [-0.4, -0.2) is 27.1 Å². The summed E-state index contributed by atoms with van der Waals surface area (Å²) in [6.07, 6.45) is 2.94. The van der Waals surface area contributed by atoms with E-state index in [4.69, 9.17) is 9.47 Å². The van der Waals surface area contributed by atoms with Gasteiger partial charge in [-0.3, -0.25) is 4.79 Å². The SMILES string of the molecule is O=C1C=C2Oc3cc(O)c(O)c(O)c3C3(OC(=O)c4ccccc43)C2=CC1. The van der Waals surface area contributed by atoms with Gasteiger partial charge in [-0.05, 0) is 6.07 Å². The summed E-state index contributed by atoms with van der Waals surface area (Å²) in [7, 11) is 0. The average Bonchev–Trinajstić information content (AvgIpc) is 2.93. The first-order valence-corrected chi connectivity index (χ1v) is 8.18. The maximum Gasteiger partial charge on any atom is 0.340 e. The highest BCUT2D eigenvalue weighted by molar-refractivity contribution is 5.99. The van der Waals surface area contributed by atoms with E-state index in [0.29, 0.717) is 16.7 Å². The number of hydrogen-bond acceptors (Lipinski definition) is 7. The number of phenols is 3. The molecule has 0 fully saturated rings. The molecule has 2 aliphatic heterocycles. The van der Waals surface area contributed by atoms with E-state index in [2.05, 4.69) is 0 Å². The number of rotatable bonds is 0. The first-order valence-electron chi connectivity index (χ1n) is 8.18. The number of benzene rings is 2. The van der Waals surface area contributed by atoms with Gasteiger partial charge in [-0.1, -0.05) is 24.3 Å². The Kier molecular flexibility index (Phi) is 2.82. The molecule has 3 aliphatic rings. The van der Waals surface area contributed by atoms with Gasteiger partial charge >= 0.3 is 5.97 Å². The van der Waals surface area contributed by atoms with E-state index < -0.39 is 28.8 Å². The zero-order chi connectivity index (χ0) is 18.9. The summed E-state index contributed by atoms with van der Waals surface area (Å²) < 4.78 is 11.5. The van der Waals surface area contributed by atoms with Gasteiger partial charge in [0.05, 0.1) is 11.1 Å². The minimum atomic E-state index is -1.59. The molecule has 0 bridgehead atoms. The van der Waals surface area contributed by atoms with Crippen LogP contribution in [0.3, 0.4) is 0 Å². The summed E-state index contributed by atoms with van der Waals surface area (Å²) in [4.78, 5) is 24.5. The highest BCUT2D eigenvalue weighted by atomic mass is 16.6. The number of esters is 1. The summed E-state index contributed by atoms with van der Waals surface area (Å²) in [5, 5.41) is 30.6. The van der Waals surface area contributed by atoms with Crippen LogP contribution in [0.5, 0.6) is 23.0 Å². The molecule has 7 nitrogen and oxygen atoms in total. The Morgan fingerprint density at radius 3 is 2.63 bits per heavy atom. The van der Waals surface area contributed by atoms with Crippen molar-refractivity contribution in [3.05, 3.63) is 70.5 Å². The Hall–Kier alpha value is -3.74. The van der Waals surface area contributed by atoms with Crippen LogP contribution in [0, 0.1) is 0 Å². The minimum Gasteiger partial charge on any atom is -0.504 e. The highest BCUT2D eigenvalue weighted by Crippen LogP contribution is 2.60. The highest BCUT2D eigenvalue weighted by Gasteiger charge is 2.57. The van der Waals surface area contributed by atoms with Crippen molar-refractivity contribution in [2.75, 3.05) is 0 Å². The van der Waals surface area contributed by atoms with Crippen molar-refractivity contribution < 1.29 is 34.4 Å². The number of aromatic hydroxyl groups is 3. The van der Waals surface area contributed by atoms with Gasteiger partial charge < -0.3 is 24.8 Å². The maximum absolute atomic E-state index is 12.6. The third kappa shape index (κ3) is 1.80. The van der Waals surface area contributed by atoms with E-state index in [0.717, 1.165) is 6.07 Å². The molecule has 1 atom stereocenters. The smallest absolute Gasteiger partial charge is 0.340 e. The van der Waals surface area contributed by atoms with E-state index in [9.17, 15) is 24.9 Å². The first-order chi connectivity index (χ1) is 12.9. The Bertz CT molecular complexity index is 1130. The van der Waals surface area contributed by atoms with Crippen LogP contribution in [0.2, 0.25) is 0 Å². The van der Waals surface area contributed by atoms with Gasteiger partial charge in [0.2, 0.25) is 5.75 Å². The van der Waals surface area contributed by atoms with E-state index in [1.807, 2.05) is 0 Å². The zero-order valence-electron chi connectivity index (χ0n) is 13.7. The van der Waals surface area contributed by atoms with Crippen molar-refractivity contribution in [2.45, 2.75) is 12.0 Å². The molecule has 0 aromatic heterocycles. The van der Waals surface area contributed by atoms with Crippen molar-refractivity contribution >= 4 is 11.8 Å². The van der Waals surface area contributed by atoms with E-state index in [1.165, 1.54) is 6.08 Å². The van der Waals surface area contributed by atoms with Crippen molar-refractivity contribution in [1.82, 2.24) is 0 Å². The summed E-state index contributed by atoms with van der Waals surface area (Å²) in [5.41, 5.74) is -0.466. The summed E-state index contributed by atoms with van der Waals surface area (Å²) in [5.74, 6) is -2.68. The lowest BCUT2D eigenvalue weighted by Crippen LogP contribution is -2.37. The van der Waals surface area contributed by atoms with Crippen LogP contribution in [0.1, 0.15) is 27.9 Å². The van der Waals surface area contributed by atoms with Gasteiger partial charge in [-0.15, -0.1) is 0 Å². The largest absolute Gasteiger partial charge is 0.504 e. The average molecular weight is 364 g/mol. The van der Waals surface area contributed by atoms with Gasteiger partial charge in [-0.2, -0.15) is 0 Å². The molecular weight excluding hydrogens is 352 g/mol. The number of phenolic OH excluding ortho intramolecular Hbond substituents is 3. The predicted octanol–water partition coefficient (Wildman–Crippen LogP) is 2.39. The molecule has 0 amide bonds. The fourth-order valence-electron chi connectivity index (χ4n) is 3.89. The summed E-state index contributed by atoms with van der Waals surface area (Å²) in [6, 6.07) is 7.78. The van der Waals surface area contributed by atoms with Crippen molar-refractivity contribution in [2.24, 2.45) is 0 Å². The monoisotopic (exact) mass is 364 g/mol. The molecule has 1 unspecified atom stereocenters. The van der Waals surface area contributed by atoms with Gasteiger partial charge in [0.25, 0.3) is 0 Å². The molecule has 2 aromatic rings. The van der Waals surface area contributed by atoms with Gasteiger partial charge in [0.15, 0.2) is 22.9 Å². The molecule has 0 radical (unpaired) electrons. The van der Waals surface area contributed by atoms with Gasteiger partial charge in [0, 0.05) is 29.7 Å². The number of fused-ring (bicyclic) bond motifs is 6. The molecular formula is C20H12O7. The van der Waals surface area contributed by atoms with Crippen LogP contribution >= 0.6 is 0 Å². The molecule has 0 saturated carbocycles. The molecule has 27 heavy (non-hydrogen) atoms. The predicted molar refractivity (Wildman–Crippen MR) is 90.5 cm³/mol. The molecule has 134 valence electrons. The van der Waals surface area contributed by atoms with Crippen LogP contribution < -0.4 is 4.74 Å². The van der Waals surface area contributed by atoms with Crippen molar-refractivity contribution in [1.29, 1.82) is 0 Å². The van der Waals surface area contributed by atoms with Crippen molar-refractivity contribution in [3.8, 4) is 23.0 Å². The van der Waals surface area contributed by atoms with Crippen LogP contribution in [0.4, 0.5) is 0 Å². The standard InChI is InChI=1S/C20H12O7/c21-9-5-6-12-14(7-9)26-15-8-13(22)17(23)18(24)16(15)20(12)11-4-2-1-3-10(11)19(25)27-20/h1-4,6-8,22-24H,5H2. The first kappa shape index (κ1) is 15.5. The number of ether oxygens (including phenoxy) is 2. The summed E-state index contributed by atoms with van der Waals surface area (Å²) >= 11 is 0. The minimum absolute atomic E-state index is 0.00570. The van der Waals surface area contributed by atoms with Crippen LogP contribution in [0.25, 0.3) is 0 Å². The Morgan fingerprint density at radius 1 is 1.04 bits per heavy atom. The lowest BCUT2D eigenvalue weighted by atomic mass is 9.74. The fourth-order valence-corrected chi connectivity index (χ4v) is 3.89. The lowest BCUT2D eigenvalue weighted by Gasteiger charge is -2.39. The van der Waals surface area contributed by atoms with Gasteiger partial charge in [0.1, 0.15) is 11.5 Å². The maximum atomic E-state index is 12.6. The van der Waals surface area contributed by atoms with Crippen molar-refractivity contribution in [3.63, 3.8) is 0 Å². The van der Waals surface area contributed by atoms with E-state index in [-0.39, 0.29) is 29.3 Å². The third-order valence-corrected chi connectivity index (χ3v) is 5.01. The second-order valence-corrected chi connectivity index (χ2v) is 6.48. The third-order valence-electron chi connectivity index (χ3n) is 5.01. The molecule has 5 rings (SSSR count). The number of ketones is 1. The normalized spacial score (nSPS) is 22.2. The lowest BCUT2D eigenvalue weighted by molar-refractivity contribution is -0.114. The summed E-state index contributed by atoms with van der Waals surface area (Å²) in [6.45, 7) is 0. The van der Waals surface area contributed by atoms with E-state index in [1.54, 1.807) is 30.3 Å². The second-order valence-electron chi connectivity index (χ2n) is 6.48. The molecule has 1 spiro atoms.